The average molecular weight is 509 g/mol. The Morgan fingerprint density at radius 2 is 1.03 bits per heavy atom. The molecule has 196 valence electrons. The van der Waals surface area contributed by atoms with E-state index in [-0.39, 0.29) is 23.8 Å². The maximum atomic E-state index is 13.0. The highest BCUT2D eigenvalue weighted by Crippen LogP contribution is 2.89. The van der Waals surface area contributed by atoms with Gasteiger partial charge in [0.25, 0.3) is 0 Å². The van der Waals surface area contributed by atoms with Gasteiger partial charge in [0.15, 0.2) is 0 Å². The monoisotopic (exact) mass is 508 g/mol. The minimum absolute atomic E-state index is 0.166. The Kier molecular flexibility index (Phi) is 4.40. The predicted molar refractivity (Wildman–Crippen MR) is 141 cm³/mol. The zero-order chi connectivity index (χ0) is 25.4. The Morgan fingerprint density at radius 1 is 0.605 bits per heavy atom. The van der Waals surface area contributed by atoms with Crippen LogP contribution in [0.5, 0.6) is 0 Å². The molecule has 7 aliphatic carbocycles. The van der Waals surface area contributed by atoms with Crippen molar-refractivity contribution in [3.05, 3.63) is 69.8 Å². The van der Waals surface area contributed by atoms with Crippen molar-refractivity contribution in [1.29, 1.82) is 0 Å². The highest BCUT2D eigenvalue weighted by Gasteiger charge is 2.87. The molecule has 4 bridgehead atoms. The second kappa shape index (κ2) is 7.52. The lowest BCUT2D eigenvalue weighted by Crippen LogP contribution is -2.86. The summed E-state index contributed by atoms with van der Waals surface area (Å²) in [5, 5.41) is 0. The summed E-state index contributed by atoms with van der Waals surface area (Å²) < 4.78 is 11.0. The van der Waals surface area contributed by atoms with Gasteiger partial charge in [-0.3, -0.25) is 9.59 Å². The molecule has 9 rings (SSSR count). The minimum atomic E-state index is -0.291. The molecule has 4 nitrogen and oxygen atoms in total. The molecule has 7 aliphatic rings. The SMILES string of the molecule is CCOC(=O)C1C(C(=O)OCC)C2C1C1C2C2C3C4c5cc6ccc5CCc5ccc(cc5C4C3C12)CC6. The summed E-state index contributed by atoms with van der Waals surface area (Å²) in [5.41, 5.74) is 9.40. The van der Waals surface area contributed by atoms with Crippen LogP contribution < -0.4 is 0 Å². The number of ether oxygens (including phenoxy) is 2. The first-order valence-corrected chi connectivity index (χ1v) is 15.2. The van der Waals surface area contributed by atoms with E-state index in [0.717, 1.165) is 49.4 Å². The van der Waals surface area contributed by atoms with Gasteiger partial charge in [-0.15, -0.1) is 0 Å². The van der Waals surface area contributed by atoms with E-state index >= 15 is 0 Å². The van der Waals surface area contributed by atoms with E-state index in [1.807, 2.05) is 13.8 Å². The fraction of sp³-hybridized carbons (Fsp3) is 0.588. The van der Waals surface area contributed by atoms with Crippen LogP contribution in [-0.4, -0.2) is 25.2 Å². The van der Waals surface area contributed by atoms with Gasteiger partial charge >= 0.3 is 11.9 Å². The molecule has 5 fully saturated rings. The number of fused-ring (bicyclic) bond motifs is 12. The lowest BCUT2D eigenvalue weighted by Gasteiger charge is -2.88. The van der Waals surface area contributed by atoms with Crippen molar-refractivity contribution >= 4 is 11.9 Å². The Morgan fingerprint density at radius 3 is 1.45 bits per heavy atom. The number of esters is 2. The summed E-state index contributed by atoms with van der Waals surface area (Å²) in [6, 6.07) is 14.8. The third kappa shape index (κ3) is 2.46. The molecule has 2 aromatic carbocycles. The van der Waals surface area contributed by atoms with Gasteiger partial charge in [0.1, 0.15) is 0 Å². The molecule has 0 N–H and O–H groups in total. The Bertz CT molecular complexity index is 1290. The van der Waals surface area contributed by atoms with Crippen LogP contribution >= 0.6 is 0 Å². The third-order valence-corrected chi connectivity index (χ3v) is 12.5. The van der Waals surface area contributed by atoms with Gasteiger partial charge in [-0.1, -0.05) is 36.4 Å². The largest absolute Gasteiger partial charge is 0.466 e. The molecular weight excluding hydrogens is 472 g/mol. The predicted octanol–water partition coefficient (Wildman–Crippen LogP) is 5.11. The van der Waals surface area contributed by atoms with Crippen molar-refractivity contribution in [2.75, 3.05) is 13.2 Å². The molecular formula is C34H36O4. The molecule has 0 saturated heterocycles. The van der Waals surface area contributed by atoms with Crippen LogP contribution in [-0.2, 0) is 44.7 Å². The van der Waals surface area contributed by atoms with Gasteiger partial charge in [-0.25, -0.2) is 0 Å². The van der Waals surface area contributed by atoms with Crippen molar-refractivity contribution in [2.24, 2.45) is 59.2 Å². The first-order valence-electron chi connectivity index (χ1n) is 15.2. The smallest absolute Gasteiger partial charge is 0.310 e. The zero-order valence-electron chi connectivity index (χ0n) is 22.3. The normalized spacial score (nSPS) is 43.0. The van der Waals surface area contributed by atoms with Gasteiger partial charge in [0.2, 0.25) is 0 Å². The van der Waals surface area contributed by atoms with Crippen molar-refractivity contribution < 1.29 is 19.1 Å². The molecule has 0 spiro atoms. The molecule has 38 heavy (non-hydrogen) atoms. The lowest BCUT2D eigenvalue weighted by molar-refractivity contribution is -0.395. The molecule has 12 unspecified atom stereocenters. The molecule has 4 heteroatoms. The number of carbonyl (C=O) groups is 2. The molecule has 0 aromatic heterocycles. The summed E-state index contributed by atoms with van der Waals surface area (Å²) in [6.45, 7) is 4.47. The number of hydrogen-bond donors (Lipinski definition) is 0. The van der Waals surface area contributed by atoms with Crippen molar-refractivity contribution in [3.8, 4) is 0 Å². The molecule has 5 saturated carbocycles. The van der Waals surface area contributed by atoms with Gasteiger partial charge in [-0.2, -0.15) is 0 Å². The fourth-order valence-corrected chi connectivity index (χ4v) is 11.4. The first-order chi connectivity index (χ1) is 18.6. The molecule has 12 atom stereocenters. The number of benzene rings is 2. The van der Waals surface area contributed by atoms with E-state index in [2.05, 4.69) is 36.4 Å². The minimum Gasteiger partial charge on any atom is -0.466 e. The van der Waals surface area contributed by atoms with Crippen LogP contribution in [0.3, 0.4) is 0 Å². The van der Waals surface area contributed by atoms with E-state index in [1.54, 1.807) is 22.3 Å². The van der Waals surface area contributed by atoms with Crippen LogP contribution in [0, 0.1) is 59.2 Å². The fourth-order valence-electron chi connectivity index (χ4n) is 11.4. The van der Waals surface area contributed by atoms with E-state index in [4.69, 9.17) is 9.47 Å². The van der Waals surface area contributed by atoms with Crippen LogP contribution in [0.4, 0.5) is 0 Å². The number of carbonyl (C=O) groups excluding carboxylic acids is 2. The number of hydrogen-bond acceptors (Lipinski definition) is 4. The summed E-state index contributed by atoms with van der Waals surface area (Å²) >= 11 is 0. The standard InChI is InChI=1S/C34H36O4/c1-3-37-33(35)31-29-27-25-23-21-19-13-15-5-6-16-8-10-18(12-11-17(19)9-7-15)20(14-16)22(21)24(23)26(25)28(27)30(29)32(31)34(36)38-4-2/h7-10,13-14,21-32H,3-6,11-12H2,1-2H3. The van der Waals surface area contributed by atoms with Crippen LogP contribution in [0.25, 0.3) is 0 Å². The van der Waals surface area contributed by atoms with Gasteiger partial charge in [0, 0.05) is 0 Å². The topological polar surface area (TPSA) is 52.6 Å². The van der Waals surface area contributed by atoms with Crippen molar-refractivity contribution in [1.82, 2.24) is 0 Å². The zero-order valence-corrected chi connectivity index (χ0v) is 22.3. The quantitative estimate of drug-likeness (QED) is 0.426. The highest BCUT2D eigenvalue weighted by atomic mass is 16.5. The summed E-state index contributed by atoms with van der Waals surface area (Å²) in [6.07, 6.45) is 4.52. The Labute approximate surface area is 224 Å². The second-order valence-corrected chi connectivity index (χ2v) is 13.3. The van der Waals surface area contributed by atoms with E-state index in [9.17, 15) is 9.59 Å². The Hall–Kier alpha value is -2.62. The molecule has 0 amide bonds. The van der Waals surface area contributed by atoms with Gasteiger partial charge in [-0.05, 0) is 132 Å². The van der Waals surface area contributed by atoms with Gasteiger partial charge in [0.05, 0.1) is 25.0 Å². The molecule has 0 radical (unpaired) electrons. The highest BCUT2D eigenvalue weighted by molar-refractivity contribution is 5.86. The lowest BCUT2D eigenvalue weighted by atomic mass is 9.16. The molecule has 2 aromatic rings. The van der Waals surface area contributed by atoms with E-state index in [1.165, 1.54) is 11.1 Å². The molecule has 0 aliphatic heterocycles. The maximum absolute atomic E-state index is 13.0. The van der Waals surface area contributed by atoms with Gasteiger partial charge < -0.3 is 9.47 Å². The van der Waals surface area contributed by atoms with E-state index in [0.29, 0.717) is 48.7 Å². The van der Waals surface area contributed by atoms with Crippen LogP contribution in [0.1, 0.15) is 59.1 Å². The second-order valence-electron chi connectivity index (χ2n) is 13.3. The van der Waals surface area contributed by atoms with Crippen molar-refractivity contribution in [3.63, 3.8) is 0 Å². The summed E-state index contributed by atoms with van der Waals surface area (Å²) in [4.78, 5) is 26.1. The molecule has 0 heterocycles. The number of aryl methyl sites for hydroxylation is 4. The van der Waals surface area contributed by atoms with E-state index < -0.39 is 0 Å². The Balaban J connectivity index is 1.10. The average Bonchev–Trinajstić information content (AvgIpc) is 2.87. The van der Waals surface area contributed by atoms with Crippen molar-refractivity contribution in [2.45, 2.75) is 51.4 Å². The number of rotatable bonds is 4. The van der Waals surface area contributed by atoms with Crippen LogP contribution in [0.15, 0.2) is 36.4 Å². The first kappa shape index (κ1) is 22.2. The summed E-state index contributed by atoms with van der Waals surface area (Å²) in [7, 11) is 0. The summed E-state index contributed by atoms with van der Waals surface area (Å²) in [5.74, 6) is 5.08. The maximum Gasteiger partial charge on any atom is 0.310 e. The van der Waals surface area contributed by atoms with Crippen LogP contribution in [0.2, 0.25) is 0 Å². The third-order valence-electron chi connectivity index (χ3n) is 12.5.